The summed E-state index contributed by atoms with van der Waals surface area (Å²) < 4.78 is 3.98. The van der Waals surface area contributed by atoms with E-state index in [0.29, 0.717) is 6.54 Å². The number of aromatic nitrogens is 1. The molecule has 0 saturated carbocycles. The van der Waals surface area contributed by atoms with Gasteiger partial charge in [-0.25, -0.2) is 4.37 Å². The number of benzene rings is 1. The Morgan fingerprint density at radius 2 is 2.06 bits per heavy atom. The molecule has 0 saturated heterocycles. The van der Waals surface area contributed by atoms with Gasteiger partial charge in [-0.2, -0.15) is 0 Å². The summed E-state index contributed by atoms with van der Waals surface area (Å²) in [6, 6.07) is 10.1. The zero-order chi connectivity index (χ0) is 11.7. The number of hydrogen-bond donors (Lipinski definition) is 0. The molecule has 0 bridgehead atoms. The predicted octanol–water partition coefficient (Wildman–Crippen LogP) is 2.34. The van der Waals surface area contributed by atoms with Gasteiger partial charge in [-0.05, 0) is 35.1 Å². The zero-order valence-corrected chi connectivity index (χ0v) is 10.1. The maximum Gasteiger partial charge on any atom is 0.265 e. The molecule has 0 fully saturated rings. The van der Waals surface area contributed by atoms with Crippen molar-refractivity contribution in [2.75, 3.05) is 6.54 Å². The topological polar surface area (TPSA) is 33.2 Å². The molecule has 0 unspecified atom stereocenters. The van der Waals surface area contributed by atoms with Crippen LogP contribution in [0, 0.1) is 0 Å². The maximum atomic E-state index is 12.2. The van der Waals surface area contributed by atoms with Crippen molar-refractivity contribution >= 4 is 17.4 Å². The van der Waals surface area contributed by atoms with Crippen LogP contribution in [-0.2, 0) is 13.0 Å². The number of nitrogens with zero attached hydrogens (tertiary/aromatic N) is 2. The quantitative estimate of drug-likeness (QED) is 0.771. The first-order valence-electron chi connectivity index (χ1n) is 5.61. The Balaban J connectivity index is 1.83. The fraction of sp³-hybridized carbons (Fsp3) is 0.231. The van der Waals surface area contributed by atoms with E-state index in [9.17, 15) is 4.79 Å². The zero-order valence-electron chi connectivity index (χ0n) is 9.30. The van der Waals surface area contributed by atoms with Crippen LogP contribution in [0.5, 0.6) is 0 Å². The summed E-state index contributed by atoms with van der Waals surface area (Å²) in [7, 11) is 0. The molecule has 86 valence electrons. The summed E-state index contributed by atoms with van der Waals surface area (Å²) in [6.07, 6.45) is 2.62. The second kappa shape index (κ2) is 4.30. The van der Waals surface area contributed by atoms with Gasteiger partial charge in [0.15, 0.2) is 0 Å². The molecule has 1 aliphatic rings. The number of fused-ring (bicyclic) bond motifs is 1. The van der Waals surface area contributed by atoms with Crippen molar-refractivity contribution in [3.8, 4) is 0 Å². The van der Waals surface area contributed by atoms with Gasteiger partial charge in [0.25, 0.3) is 5.91 Å². The summed E-state index contributed by atoms with van der Waals surface area (Å²) in [5.74, 6) is 0.0991. The van der Waals surface area contributed by atoms with Crippen LogP contribution in [0.4, 0.5) is 0 Å². The molecule has 2 heterocycles. The van der Waals surface area contributed by atoms with Crippen molar-refractivity contribution in [3.05, 3.63) is 52.5 Å². The van der Waals surface area contributed by atoms with Crippen molar-refractivity contribution in [1.82, 2.24) is 9.27 Å². The van der Waals surface area contributed by atoms with Crippen molar-refractivity contribution in [2.24, 2.45) is 0 Å². The second-order valence-electron chi connectivity index (χ2n) is 4.12. The third-order valence-electron chi connectivity index (χ3n) is 3.07. The van der Waals surface area contributed by atoms with Gasteiger partial charge in [-0.1, -0.05) is 24.3 Å². The summed E-state index contributed by atoms with van der Waals surface area (Å²) >= 11 is 1.26. The summed E-state index contributed by atoms with van der Waals surface area (Å²) in [4.78, 5) is 14.8. The summed E-state index contributed by atoms with van der Waals surface area (Å²) in [5.41, 5.74) is 2.62. The number of carbonyl (C=O) groups excluding carboxylic acids is 1. The van der Waals surface area contributed by atoms with Crippen LogP contribution in [0.3, 0.4) is 0 Å². The van der Waals surface area contributed by atoms with Crippen LogP contribution in [-0.4, -0.2) is 21.7 Å². The SMILES string of the molecule is O=C(c1ccns1)N1CCc2ccccc2C1. The van der Waals surface area contributed by atoms with Crippen molar-refractivity contribution in [2.45, 2.75) is 13.0 Å². The first kappa shape index (κ1) is 10.5. The van der Waals surface area contributed by atoms with Gasteiger partial charge in [0.2, 0.25) is 0 Å². The fourth-order valence-electron chi connectivity index (χ4n) is 2.15. The molecule has 1 aliphatic heterocycles. The first-order valence-corrected chi connectivity index (χ1v) is 6.38. The van der Waals surface area contributed by atoms with E-state index in [1.54, 1.807) is 12.3 Å². The number of amides is 1. The Bertz CT molecular complexity index is 536. The first-order chi connectivity index (χ1) is 8.34. The number of hydrogen-bond acceptors (Lipinski definition) is 3. The van der Waals surface area contributed by atoms with Crippen LogP contribution in [0.1, 0.15) is 20.8 Å². The molecule has 4 heteroatoms. The van der Waals surface area contributed by atoms with Crippen LogP contribution < -0.4 is 0 Å². The van der Waals surface area contributed by atoms with E-state index in [4.69, 9.17) is 0 Å². The lowest BCUT2D eigenvalue weighted by Gasteiger charge is -2.28. The van der Waals surface area contributed by atoms with Gasteiger partial charge < -0.3 is 4.90 Å². The van der Waals surface area contributed by atoms with Crippen LogP contribution in [0.2, 0.25) is 0 Å². The Morgan fingerprint density at radius 1 is 1.24 bits per heavy atom. The maximum absolute atomic E-state index is 12.2. The highest BCUT2D eigenvalue weighted by Crippen LogP contribution is 2.20. The molecule has 1 aromatic heterocycles. The van der Waals surface area contributed by atoms with Crippen LogP contribution in [0.25, 0.3) is 0 Å². The monoisotopic (exact) mass is 244 g/mol. The van der Waals surface area contributed by atoms with E-state index in [2.05, 4.69) is 22.6 Å². The van der Waals surface area contributed by atoms with Gasteiger partial charge in [0.05, 0.1) is 0 Å². The van der Waals surface area contributed by atoms with Gasteiger partial charge in [-0.3, -0.25) is 4.79 Å². The predicted molar refractivity (Wildman–Crippen MR) is 67.0 cm³/mol. The molecule has 3 rings (SSSR count). The minimum Gasteiger partial charge on any atom is -0.333 e. The van der Waals surface area contributed by atoms with E-state index in [0.717, 1.165) is 17.8 Å². The molecule has 0 aliphatic carbocycles. The molecule has 17 heavy (non-hydrogen) atoms. The van der Waals surface area contributed by atoms with Gasteiger partial charge in [-0.15, -0.1) is 0 Å². The average molecular weight is 244 g/mol. The summed E-state index contributed by atoms with van der Waals surface area (Å²) in [6.45, 7) is 1.51. The standard InChI is InChI=1S/C13H12N2OS/c16-13(12-5-7-14-17-12)15-8-6-10-3-1-2-4-11(10)9-15/h1-5,7H,6,8-9H2. The Kier molecular flexibility index (Phi) is 2.65. The Hall–Kier alpha value is -1.68. The van der Waals surface area contributed by atoms with Gasteiger partial charge >= 0.3 is 0 Å². The minimum atomic E-state index is 0.0991. The molecule has 1 amide bonds. The third-order valence-corrected chi connectivity index (χ3v) is 3.80. The second-order valence-corrected chi connectivity index (χ2v) is 4.96. The molecule has 3 nitrogen and oxygen atoms in total. The van der Waals surface area contributed by atoms with E-state index >= 15 is 0 Å². The Labute approximate surface area is 104 Å². The fourth-order valence-corrected chi connectivity index (χ4v) is 2.72. The lowest BCUT2D eigenvalue weighted by Crippen LogP contribution is -2.35. The highest BCUT2D eigenvalue weighted by atomic mass is 32.1. The molecule has 0 radical (unpaired) electrons. The lowest BCUT2D eigenvalue weighted by atomic mass is 10.00. The van der Waals surface area contributed by atoms with E-state index in [-0.39, 0.29) is 5.91 Å². The highest BCUT2D eigenvalue weighted by Gasteiger charge is 2.22. The molecule has 2 aromatic rings. The van der Waals surface area contributed by atoms with Gasteiger partial charge in [0, 0.05) is 19.3 Å². The molecule has 0 N–H and O–H groups in total. The van der Waals surface area contributed by atoms with Crippen LogP contribution >= 0.6 is 11.5 Å². The molecular weight excluding hydrogens is 232 g/mol. The Morgan fingerprint density at radius 3 is 2.82 bits per heavy atom. The largest absolute Gasteiger partial charge is 0.333 e. The minimum absolute atomic E-state index is 0.0991. The third kappa shape index (κ3) is 1.96. The molecule has 0 atom stereocenters. The molecule has 1 aromatic carbocycles. The lowest BCUT2D eigenvalue weighted by molar-refractivity contribution is 0.0739. The number of carbonyl (C=O) groups is 1. The van der Waals surface area contributed by atoms with Crippen molar-refractivity contribution in [3.63, 3.8) is 0 Å². The van der Waals surface area contributed by atoms with E-state index < -0.39 is 0 Å². The van der Waals surface area contributed by atoms with E-state index in [1.807, 2.05) is 11.0 Å². The molecule has 0 spiro atoms. The molecular formula is C13H12N2OS. The van der Waals surface area contributed by atoms with E-state index in [1.165, 1.54) is 22.7 Å². The van der Waals surface area contributed by atoms with Gasteiger partial charge in [0.1, 0.15) is 4.88 Å². The van der Waals surface area contributed by atoms with Crippen molar-refractivity contribution < 1.29 is 4.79 Å². The summed E-state index contributed by atoms with van der Waals surface area (Å²) in [5, 5.41) is 0. The van der Waals surface area contributed by atoms with Crippen molar-refractivity contribution in [1.29, 1.82) is 0 Å². The normalized spacial score (nSPS) is 14.5. The van der Waals surface area contributed by atoms with Crippen LogP contribution in [0.15, 0.2) is 36.5 Å². The smallest absolute Gasteiger partial charge is 0.265 e. The number of rotatable bonds is 1. The average Bonchev–Trinajstić information content (AvgIpc) is 2.91. The highest BCUT2D eigenvalue weighted by molar-refractivity contribution is 7.08.